The van der Waals surface area contributed by atoms with Crippen LogP contribution in [0.3, 0.4) is 0 Å². The molecular formula is C16H15FO2. The van der Waals surface area contributed by atoms with Gasteiger partial charge in [0, 0.05) is 12.0 Å². The average molecular weight is 258 g/mol. The summed E-state index contributed by atoms with van der Waals surface area (Å²) in [5.74, 6) is 0.210. The number of aliphatic hydroxyl groups excluding tert-OH is 1. The standard InChI is InChI=1S/C16H15FO2/c1-10-3-2-4-11(7-10)16-9-14(18)13-8-12(17)5-6-15(13)19-16/h2-8,14,16,18H,9H2,1H3/t14-,16?/m1/s1. The number of halogens is 1. The van der Waals surface area contributed by atoms with Crippen LogP contribution in [0.25, 0.3) is 0 Å². The Morgan fingerprint density at radius 1 is 1.21 bits per heavy atom. The number of fused-ring (bicyclic) bond motifs is 1. The van der Waals surface area contributed by atoms with E-state index in [1.54, 1.807) is 6.07 Å². The van der Waals surface area contributed by atoms with Crippen molar-refractivity contribution in [2.24, 2.45) is 0 Å². The van der Waals surface area contributed by atoms with Crippen molar-refractivity contribution in [1.82, 2.24) is 0 Å². The van der Waals surface area contributed by atoms with E-state index in [4.69, 9.17) is 4.74 Å². The third kappa shape index (κ3) is 2.34. The Hall–Kier alpha value is -1.87. The van der Waals surface area contributed by atoms with Crippen LogP contribution in [0.1, 0.15) is 35.3 Å². The topological polar surface area (TPSA) is 29.5 Å². The molecule has 1 unspecified atom stereocenters. The lowest BCUT2D eigenvalue weighted by atomic mass is 9.94. The molecule has 0 saturated heterocycles. The summed E-state index contributed by atoms with van der Waals surface area (Å²) in [4.78, 5) is 0. The Balaban J connectivity index is 1.95. The van der Waals surface area contributed by atoms with Crippen molar-refractivity contribution in [2.75, 3.05) is 0 Å². The van der Waals surface area contributed by atoms with Crippen molar-refractivity contribution in [2.45, 2.75) is 25.6 Å². The van der Waals surface area contributed by atoms with Gasteiger partial charge in [-0.25, -0.2) is 4.39 Å². The summed E-state index contributed by atoms with van der Waals surface area (Å²) in [5, 5.41) is 10.1. The smallest absolute Gasteiger partial charge is 0.127 e. The molecule has 1 N–H and O–H groups in total. The Morgan fingerprint density at radius 2 is 2.05 bits per heavy atom. The van der Waals surface area contributed by atoms with Crippen LogP contribution >= 0.6 is 0 Å². The summed E-state index contributed by atoms with van der Waals surface area (Å²) >= 11 is 0. The third-order valence-corrected chi connectivity index (χ3v) is 3.45. The second-order valence-electron chi connectivity index (χ2n) is 4.95. The maximum Gasteiger partial charge on any atom is 0.127 e. The molecule has 2 aromatic carbocycles. The fraction of sp³-hybridized carbons (Fsp3) is 0.250. The van der Waals surface area contributed by atoms with Gasteiger partial charge in [-0.1, -0.05) is 29.8 Å². The molecule has 0 amide bonds. The molecule has 0 radical (unpaired) electrons. The number of aliphatic hydroxyl groups is 1. The molecule has 0 aliphatic carbocycles. The van der Waals surface area contributed by atoms with Gasteiger partial charge < -0.3 is 9.84 Å². The van der Waals surface area contributed by atoms with E-state index in [0.717, 1.165) is 11.1 Å². The highest BCUT2D eigenvalue weighted by atomic mass is 19.1. The highest BCUT2D eigenvalue weighted by Gasteiger charge is 2.28. The van der Waals surface area contributed by atoms with Crippen LogP contribution in [0.15, 0.2) is 42.5 Å². The summed E-state index contributed by atoms with van der Waals surface area (Å²) in [6.07, 6.45) is -0.433. The van der Waals surface area contributed by atoms with E-state index in [1.165, 1.54) is 12.1 Å². The predicted octanol–water partition coefficient (Wildman–Crippen LogP) is 3.69. The molecule has 2 aromatic rings. The number of rotatable bonds is 1. The lowest BCUT2D eigenvalue weighted by Crippen LogP contribution is -2.19. The van der Waals surface area contributed by atoms with Gasteiger partial charge in [-0.2, -0.15) is 0 Å². The third-order valence-electron chi connectivity index (χ3n) is 3.45. The van der Waals surface area contributed by atoms with Gasteiger partial charge >= 0.3 is 0 Å². The fourth-order valence-corrected chi connectivity index (χ4v) is 2.49. The van der Waals surface area contributed by atoms with Gasteiger partial charge in [0.25, 0.3) is 0 Å². The largest absolute Gasteiger partial charge is 0.485 e. The molecule has 2 atom stereocenters. The van der Waals surface area contributed by atoms with E-state index in [2.05, 4.69) is 0 Å². The van der Waals surface area contributed by atoms with E-state index in [-0.39, 0.29) is 11.9 Å². The molecule has 0 saturated carbocycles. The van der Waals surface area contributed by atoms with Gasteiger partial charge in [0.05, 0.1) is 6.10 Å². The first kappa shape index (κ1) is 12.2. The monoisotopic (exact) mass is 258 g/mol. The van der Waals surface area contributed by atoms with Gasteiger partial charge in [-0.05, 0) is 30.7 Å². The zero-order valence-electron chi connectivity index (χ0n) is 10.6. The van der Waals surface area contributed by atoms with Gasteiger partial charge in [0.15, 0.2) is 0 Å². The van der Waals surface area contributed by atoms with Gasteiger partial charge in [0.1, 0.15) is 17.7 Å². The minimum atomic E-state index is -0.690. The van der Waals surface area contributed by atoms with Crippen LogP contribution in [0.5, 0.6) is 5.75 Å². The number of hydrogen-bond acceptors (Lipinski definition) is 2. The lowest BCUT2D eigenvalue weighted by molar-refractivity contribution is 0.0653. The van der Waals surface area contributed by atoms with Gasteiger partial charge in [0.2, 0.25) is 0 Å². The van der Waals surface area contributed by atoms with Crippen LogP contribution in [0.2, 0.25) is 0 Å². The van der Waals surface area contributed by atoms with E-state index in [9.17, 15) is 9.50 Å². The number of benzene rings is 2. The summed E-state index contributed by atoms with van der Waals surface area (Å²) in [5.41, 5.74) is 2.72. The van der Waals surface area contributed by atoms with Crippen LogP contribution in [-0.4, -0.2) is 5.11 Å². The molecule has 1 heterocycles. The number of ether oxygens (including phenoxy) is 1. The van der Waals surface area contributed by atoms with Crippen LogP contribution in [-0.2, 0) is 0 Å². The van der Waals surface area contributed by atoms with Crippen molar-refractivity contribution in [1.29, 1.82) is 0 Å². The average Bonchev–Trinajstić information content (AvgIpc) is 2.39. The minimum Gasteiger partial charge on any atom is -0.485 e. The molecule has 0 bridgehead atoms. The highest BCUT2D eigenvalue weighted by molar-refractivity contribution is 5.39. The summed E-state index contributed by atoms with van der Waals surface area (Å²) in [6, 6.07) is 12.3. The Morgan fingerprint density at radius 3 is 2.84 bits per heavy atom. The Bertz CT molecular complexity index is 609. The molecule has 19 heavy (non-hydrogen) atoms. The van der Waals surface area contributed by atoms with Crippen molar-refractivity contribution in [3.8, 4) is 5.75 Å². The van der Waals surface area contributed by atoms with E-state index >= 15 is 0 Å². The molecule has 0 spiro atoms. The van der Waals surface area contributed by atoms with Gasteiger partial charge in [-0.3, -0.25) is 0 Å². The van der Waals surface area contributed by atoms with Crippen molar-refractivity contribution in [3.05, 3.63) is 65.0 Å². The first-order valence-electron chi connectivity index (χ1n) is 6.34. The Labute approximate surface area is 111 Å². The molecular weight excluding hydrogens is 243 g/mol. The first-order chi connectivity index (χ1) is 9.13. The second kappa shape index (κ2) is 4.67. The van der Waals surface area contributed by atoms with Gasteiger partial charge in [-0.15, -0.1) is 0 Å². The van der Waals surface area contributed by atoms with E-state index in [1.807, 2.05) is 31.2 Å². The number of hydrogen-bond donors (Lipinski definition) is 1. The maximum absolute atomic E-state index is 13.2. The molecule has 0 aromatic heterocycles. The van der Waals surface area contributed by atoms with E-state index in [0.29, 0.717) is 17.7 Å². The van der Waals surface area contributed by atoms with Crippen LogP contribution < -0.4 is 4.74 Å². The molecule has 98 valence electrons. The number of aryl methyl sites for hydroxylation is 1. The van der Waals surface area contributed by atoms with Crippen molar-refractivity contribution in [3.63, 3.8) is 0 Å². The molecule has 0 fully saturated rings. The molecule has 3 heteroatoms. The fourth-order valence-electron chi connectivity index (χ4n) is 2.49. The maximum atomic E-state index is 13.2. The Kier molecular flexibility index (Phi) is 2.99. The zero-order chi connectivity index (χ0) is 13.4. The molecule has 3 rings (SSSR count). The minimum absolute atomic E-state index is 0.187. The quantitative estimate of drug-likeness (QED) is 0.845. The van der Waals surface area contributed by atoms with E-state index < -0.39 is 6.10 Å². The predicted molar refractivity (Wildman–Crippen MR) is 70.5 cm³/mol. The van der Waals surface area contributed by atoms with Crippen molar-refractivity contribution >= 4 is 0 Å². The summed E-state index contributed by atoms with van der Waals surface area (Å²) in [6.45, 7) is 2.02. The second-order valence-corrected chi connectivity index (χ2v) is 4.95. The molecule has 2 nitrogen and oxygen atoms in total. The van der Waals surface area contributed by atoms with Crippen molar-refractivity contribution < 1.29 is 14.2 Å². The van der Waals surface area contributed by atoms with Crippen LogP contribution in [0, 0.1) is 12.7 Å². The summed E-state index contributed by atoms with van der Waals surface area (Å²) in [7, 11) is 0. The molecule has 1 aliphatic heterocycles. The van der Waals surface area contributed by atoms with Crippen LogP contribution in [0.4, 0.5) is 4.39 Å². The highest BCUT2D eigenvalue weighted by Crippen LogP contribution is 2.40. The first-order valence-corrected chi connectivity index (χ1v) is 6.34. The normalized spacial score (nSPS) is 21.6. The molecule has 1 aliphatic rings. The lowest BCUT2D eigenvalue weighted by Gasteiger charge is -2.30. The summed E-state index contributed by atoms with van der Waals surface area (Å²) < 4.78 is 19.0. The SMILES string of the molecule is Cc1cccc(C2C[C@@H](O)c3cc(F)ccc3O2)c1. The zero-order valence-corrected chi connectivity index (χ0v) is 10.6.